The predicted molar refractivity (Wildman–Crippen MR) is 72.6 cm³/mol. The second kappa shape index (κ2) is 7.38. The molecule has 2 nitrogen and oxygen atoms in total. The molecule has 0 fully saturated rings. The average Bonchev–Trinajstić information content (AvgIpc) is 2.25. The van der Waals surface area contributed by atoms with Gasteiger partial charge in [0, 0.05) is 16.6 Å². The van der Waals surface area contributed by atoms with Gasteiger partial charge < -0.3 is 5.11 Å². The summed E-state index contributed by atoms with van der Waals surface area (Å²) < 4.78 is 0. The number of aliphatic carboxylic acids is 1. The lowest BCUT2D eigenvalue weighted by Crippen LogP contribution is -1.95. The van der Waals surface area contributed by atoms with Gasteiger partial charge in [0.05, 0.1) is 0 Å². The summed E-state index contributed by atoms with van der Waals surface area (Å²) in [6.07, 6.45) is 2.96. The van der Waals surface area contributed by atoms with Gasteiger partial charge in [-0.3, -0.25) is 4.79 Å². The largest absolute Gasteiger partial charge is 0.481 e. The number of rotatable bonds is 7. The zero-order valence-corrected chi connectivity index (χ0v) is 11.3. The van der Waals surface area contributed by atoms with E-state index in [1.807, 2.05) is 11.8 Å². The van der Waals surface area contributed by atoms with Crippen LogP contribution >= 0.6 is 11.8 Å². The molecule has 0 amide bonds. The first-order valence-corrected chi connectivity index (χ1v) is 6.93. The Kier molecular flexibility index (Phi) is 6.12. The Labute approximate surface area is 107 Å². The van der Waals surface area contributed by atoms with E-state index in [9.17, 15) is 4.79 Å². The molecule has 3 heteroatoms. The van der Waals surface area contributed by atoms with Crippen LogP contribution in [0.15, 0.2) is 29.2 Å². The smallest absolute Gasteiger partial charge is 0.303 e. The van der Waals surface area contributed by atoms with Gasteiger partial charge in [-0.25, -0.2) is 0 Å². The van der Waals surface area contributed by atoms with Gasteiger partial charge in [0.25, 0.3) is 0 Å². The highest BCUT2D eigenvalue weighted by Crippen LogP contribution is 2.23. The highest BCUT2D eigenvalue weighted by atomic mass is 32.2. The van der Waals surface area contributed by atoms with Crippen molar-refractivity contribution in [1.29, 1.82) is 0 Å². The number of carboxylic acid groups (broad SMARTS) is 1. The molecule has 0 radical (unpaired) electrons. The minimum absolute atomic E-state index is 0.279. The summed E-state index contributed by atoms with van der Waals surface area (Å²) in [5, 5.41) is 9.14. The third-order valence-electron chi connectivity index (χ3n) is 2.40. The van der Waals surface area contributed by atoms with Gasteiger partial charge in [-0.2, -0.15) is 0 Å². The van der Waals surface area contributed by atoms with Crippen molar-refractivity contribution in [3.8, 4) is 0 Å². The molecule has 0 spiro atoms. The molecule has 0 atom stereocenters. The molecule has 1 rings (SSSR count). The molecule has 1 aromatic carbocycles. The monoisotopic (exact) mass is 252 g/mol. The zero-order chi connectivity index (χ0) is 12.7. The molecule has 0 heterocycles. The lowest BCUT2D eigenvalue weighted by molar-refractivity contribution is -0.137. The van der Waals surface area contributed by atoms with E-state index in [2.05, 4.69) is 38.1 Å². The Morgan fingerprint density at radius 3 is 2.41 bits per heavy atom. The molecule has 94 valence electrons. The normalized spacial score (nSPS) is 10.8. The zero-order valence-electron chi connectivity index (χ0n) is 10.5. The molecule has 1 N–H and O–H groups in total. The van der Waals surface area contributed by atoms with Crippen LogP contribution in [-0.4, -0.2) is 16.3 Å². The molecular formula is C14H20O2S. The quantitative estimate of drug-likeness (QED) is 0.589. The maximum atomic E-state index is 10.4. The Balaban J connectivity index is 2.32. The van der Waals surface area contributed by atoms with Crippen LogP contribution in [0.2, 0.25) is 0 Å². The van der Waals surface area contributed by atoms with Crippen LogP contribution in [0.5, 0.6) is 0 Å². The minimum atomic E-state index is -0.700. The summed E-state index contributed by atoms with van der Waals surface area (Å²) in [5.41, 5.74) is 1.29. The molecule has 1 aromatic rings. The fourth-order valence-corrected chi connectivity index (χ4v) is 2.45. The maximum Gasteiger partial charge on any atom is 0.303 e. The second-order valence-corrected chi connectivity index (χ2v) is 6.06. The molecule has 0 aliphatic heterocycles. The molecule has 0 aliphatic rings. The number of hydrogen-bond donors (Lipinski definition) is 1. The number of carbonyl (C=O) groups is 1. The molecule has 0 saturated carbocycles. The van der Waals surface area contributed by atoms with Crippen LogP contribution in [0.25, 0.3) is 0 Å². The first-order valence-electron chi connectivity index (χ1n) is 6.05. The van der Waals surface area contributed by atoms with Crippen LogP contribution in [-0.2, 0) is 11.2 Å². The van der Waals surface area contributed by atoms with Crippen molar-refractivity contribution in [2.45, 2.75) is 49.7 Å². The number of thioether (sulfide) groups is 1. The van der Waals surface area contributed by atoms with E-state index < -0.39 is 5.97 Å². The summed E-state index contributed by atoms with van der Waals surface area (Å²) in [6.45, 7) is 4.37. The van der Waals surface area contributed by atoms with Crippen molar-refractivity contribution in [3.63, 3.8) is 0 Å². The Morgan fingerprint density at radius 2 is 1.88 bits per heavy atom. The number of carboxylic acids is 1. The van der Waals surface area contributed by atoms with Gasteiger partial charge in [-0.1, -0.05) is 26.0 Å². The van der Waals surface area contributed by atoms with Crippen LogP contribution < -0.4 is 0 Å². The average molecular weight is 252 g/mol. The van der Waals surface area contributed by atoms with Crippen molar-refractivity contribution in [2.24, 2.45) is 0 Å². The van der Waals surface area contributed by atoms with Gasteiger partial charge in [-0.15, -0.1) is 11.8 Å². The van der Waals surface area contributed by atoms with E-state index in [0.717, 1.165) is 19.3 Å². The number of benzene rings is 1. The van der Waals surface area contributed by atoms with Crippen molar-refractivity contribution in [1.82, 2.24) is 0 Å². The van der Waals surface area contributed by atoms with E-state index in [0.29, 0.717) is 5.25 Å². The lowest BCUT2D eigenvalue weighted by Gasteiger charge is -2.06. The molecule has 0 aliphatic carbocycles. The number of hydrogen-bond acceptors (Lipinski definition) is 2. The third kappa shape index (κ3) is 6.37. The fourth-order valence-electron chi connectivity index (χ4n) is 1.61. The minimum Gasteiger partial charge on any atom is -0.481 e. The van der Waals surface area contributed by atoms with Gasteiger partial charge in [0.1, 0.15) is 0 Å². The van der Waals surface area contributed by atoms with E-state index >= 15 is 0 Å². The van der Waals surface area contributed by atoms with Crippen LogP contribution in [0.3, 0.4) is 0 Å². The summed E-state index contributed by atoms with van der Waals surface area (Å²) >= 11 is 1.86. The van der Waals surface area contributed by atoms with Crippen molar-refractivity contribution >= 4 is 17.7 Å². The summed E-state index contributed by atoms with van der Waals surface area (Å²) in [5.74, 6) is -0.700. The molecule has 0 unspecified atom stereocenters. The number of unbranched alkanes of at least 4 members (excludes halogenated alkanes) is 1. The van der Waals surface area contributed by atoms with Crippen LogP contribution in [0, 0.1) is 0 Å². The summed E-state index contributed by atoms with van der Waals surface area (Å²) in [7, 11) is 0. The Morgan fingerprint density at radius 1 is 1.24 bits per heavy atom. The highest BCUT2D eigenvalue weighted by Gasteiger charge is 2.00. The standard InChI is InChI=1S/C14H20O2S/c1-11(2)17-13-9-7-12(8-10-13)5-3-4-6-14(15)16/h7-11H,3-6H2,1-2H3,(H,15,16). The Bertz CT molecular complexity index is 344. The van der Waals surface area contributed by atoms with Gasteiger partial charge in [0.2, 0.25) is 0 Å². The third-order valence-corrected chi connectivity index (χ3v) is 3.42. The van der Waals surface area contributed by atoms with E-state index in [-0.39, 0.29) is 6.42 Å². The van der Waals surface area contributed by atoms with Crippen LogP contribution in [0.1, 0.15) is 38.7 Å². The van der Waals surface area contributed by atoms with Crippen molar-refractivity contribution in [2.75, 3.05) is 0 Å². The van der Waals surface area contributed by atoms with Gasteiger partial charge in [-0.05, 0) is 37.0 Å². The first kappa shape index (κ1) is 14.1. The van der Waals surface area contributed by atoms with Crippen molar-refractivity contribution < 1.29 is 9.90 Å². The topological polar surface area (TPSA) is 37.3 Å². The van der Waals surface area contributed by atoms with Gasteiger partial charge in [0.15, 0.2) is 0 Å². The molecular weight excluding hydrogens is 232 g/mol. The van der Waals surface area contributed by atoms with E-state index in [1.54, 1.807) is 0 Å². The SMILES string of the molecule is CC(C)Sc1ccc(CCCCC(=O)O)cc1. The van der Waals surface area contributed by atoms with Crippen molar-refractivity contribution in [3.05, 3.63) is 29.8 Å². The van der Waals surface area contributed by atoms with E-state index in [4.69, 9.17) is 5.11 Å². The van der Waals surface area contributed by atoms with Crippen LogP contribution in [0.4, 0.5) is 0 Å². The predicted octanol–water partition coefficient (Wildman–Crippen LogP) is 3.98. The Hall–Kier alpha value is -0.960. The molecule has 17 heavy (non-hydrogen) atoms. The molecule has 0 saturated heterocycles. The first-order chi connectivity index (χ1) is 8.08. The molecule has 0 aromatic heterocycles. The number of aryl methyl sites for hydroxylation is 1. The second-order valence-electron chi connectivity index (χ2n) is 4.41. The van der Waals surface area contributed by atoms with E-state index in [1.165, 1.54) is 10.5 Å². The maximum absolute atomic E-state index is 10.4. The van der Waals surface area contributed by atoms with Gasteiger partial charge >= 0.3 is 5.97 Å². The summed E-state index contributed by atoms with van der Waals surface area (Å²) in [6, 6.07) is 8.59. The highest BCUT2D eigenvalue weighted by molar-refractivity contribution is 7.99. The fraction of sp³-hybridized carbons (Fsp3) is 0.500. The lowest BCUT2D eigenvalue weighted by atomic mass is 10.1. The summed E-state index contributed by atoms with van der Waals surface area (Å²) in [4.78, 5) is 11.7. The molecule has 0 bridgehead atoms.